The van der Waals surface area contributed by atoms with Crippen molar-refractivity contribution in [2.75, 3.05) is 19.6 Å². The van der Waals surface area contributed by atoms with E-state index < -0.39 is 0 Å². The number of aromatic nitrogens is 2. The second-order valence-corrected chi connectivity index (χ2v) is 9.27. The van der Waals surface area contributed by atoms with Crippen molar-refractivity contribution in [2.45, 2.75) is 38.8 Å². The lowest BCUT2D eigenvalue weighted by molar-refractivity contribution is -0.121. The average Bonchev–Trinajstić information content (AvgIpc) is 3.36. The average molecular weight is 427 g/mol. The SMILES string of the molecule is CC1CCN([C@@H](CNC(=O)CCn2c(=O)n(C)c3ccccc32)c2cccs2)CC1. The summed E-state index contributed by atoms with van der Waals surface area (Å²) < 4.78 is 3.33. The van der Waals surface area contributed by atoms with Gasteiger partial charge in [0.2, 0.25) is 5.91 Å². The second-order valence-electron chi connectivity index (χ2n) is 8.29. The number of piperidine rings is 1. The first kappa shape index (κ1) is 20.9. The van der Waals surface area contributed by atoms with E-state index in [1.807, 2.05) is 24.3 Å². The minimum atomic E-state index is -0.0806. The number of para-hydroxylation sites is 2. The summed E-state index contributed by atoms with van der Waals surface area (Å²) in [6.07, 6.45) is 2.71. The fraction of sp³-hybridized carbons (Fsp3) is 0.478. The van der Waals surface area contributed by atoms with E-state index in [1.54, 1.807) is 27.5 Å². The summed E-state index contributed by atoms with van der Waals surface area (Å²) >= 11 is 1.75. The highest BCUT2D eigenvalue weighted by Gasteiger charge is 2.25. The number of benzene rings is 1. The Hall–Kier alpha value is -2.38. The Balaban J connectivity index is 1.39. The van der Waals surface area contributed by atoms with Crippen molar-refractivity contribution in [1.82, 2.24) is 19.4 Å². The highest BCUT2D eigenvalue weighted by molar-refractivity contribution is 7.10. The van der Waals surface area contributed by atoms with Crippen molar-refractivity contribution in [3.05, 3.63) is 57.1 Å². The first-order valence-electron chi connectivity index (χ1n) is 10.7. The molecule has 1 aliphatic heterocycles. The largest absolute Gasteiger partial charge is 0.354 e. The number of thiophene rings is 1. The number of carbonyl (C=O) groups excluding carboxylic acids is 1. The Morgan fingerprint density at radius 3 is 2.60 bits per heavy atom. The number of hydrogen-bond acceptors (Lipinski definition) is 4. The van der Waals surface area contributed by atoms with Gasteiger partial charge in [-0.25, -0.2) is 4.79 Å². The lowest BCUT2D eigenvalue weighted by Gasteiger charge is -2.36. The third-order valence-corrected chi connectivity index (χ3v) is 7.21. The van der Waals surface area contributed by atoms with Crippen LogP contribution in [-0.2, 0) is 18.4 Å². The fourth-order valence-electron chi connectivity index (χ4n) is 4.32. The van der Waals surface area contributed by atoms with Crippen LogP contribution in [0.4, 0.5) is 0 Å². The summed E-state index contributed by atoms with van der Waals surface area (Å²) in [7, 11) is 1.77. The molecule has 1 saturated heterocycles. The summed E-state index contributed by atoms with van der Waals surface area (Å²) in [5.41, 5.74) is 1.68. The molecule has 4 rings (SSSR count). The zero-order chi connectivity index (χ0) is 21.1. The van der Waals surface area contributed by atoms with Crippen molar-refractivity contribution in [2.24, 2.45) is 13.0 Å². The molecule has 1 N–H and O–H groups in total. The molecule has 7 heteroatoms. The lowest BCUT2D eigenvalue weighted by atomic mass is 9.97. The molecular formula is C23H30N4O2S. The molecule has 3 heterocycles. The molecule has 1 atom stereocenters. The van der Waals surface area contributed by atoms with Gasteiger partial charge in [-0.1, -0.05) is 25.1 Å². The van der Waals surface area contributed by atoms with Crippen molar-refractivity contribution in [3.8, 4) is 0 Å². The Bertz CT molecular complexity index is 1050. The highest BCUT2D eigenvalue weighted by Crippen LogP contribution is 2.29. The van der Waals surface area contributed by atoms with Crippen LogP contribution in [0.2, 0.25) is 0 Å². The number of fused-ring (bicyclic) bond motifs is 1. The van der Waals surface area contributed by atoms with Gasteiger partial charge in [-0.05, 0) is 55.4 Å². The lowest BCUT2D eigenvalue weighted by Crippen LogP contribution is -2.41. The van der Waals surface area contributed by atoms with Gasteiger partial charge in [-0.3, -0.25) is 18.8 Å². The van der Waals surface area contributed by atoms with Crippen LogP contribution < -0.4 is 11.0 Å². The molecule has 30 heavy (non-hydrogen) atoms. The molecule has 1 aromatic carbocycles. The van der Waals surface area contributed by atoms with Crippen LogP contribution in [0.25, 0.3) is 11.0 Å². The summed E-state index contributed by atoms with van der Waals surface area (Å²) in [6, 6.07) is 12.2. The molecule has 2 aromatic heterocycles. The van der Waals surface area contributed by atoms with E-state index in [2.05, 4.69) is 34.7 Å². The maximum Gasteiger partial charge on any atom is 0.328 e. The number of rotatable bonds is 7. The van der Waals surface area contributed by atoms with Gasteiger partial charge in [0, 0.05) is 31.4 Å². The smallest absolute Gasteiger partial charge is 0.328 e. The summed E-state index contributed by atoms with van der Waals surface area (Å²) in [5.74, 6) is 0.764. The number of aryl methyl sites for hydroxylation is 2. The quantitative estimate of drug-likeness (QED) is 0.630. The first-order chi connectivity index (χ1) is 14.5. The number of amides is 1. The number of nitrogens with one attached hydrogen (secondary N) is 1. The Morgan fingerprint density at radius 2 is 1.90 bits per heavy atom. The minimum Gasteiger partial charge on any atom is -0.354 e. The molecule has 0 radical (unpaired) electrons. The first-order valence-corrected chi connectivity index (χ1v) is 11.6. The van der Waals surface area contributed by atoms with Gasteiger partial charge in [-0.15, -0.1) is 11.3 Å². The third-order valence-electron chi connectivity index (χ3n) is 6.24. The molecule has 0 aliphatic carbocycles. The van der Waals surface area contributed by atoms with Crippen molar-refractivity contribution in [3.63, 3.8) is 0 Å². The molecule has 1 fully saturated rings. The monoisotopic (exact) mass is 426 g/mol. The number of imidazole rings is 1. The van der Waals surface area contributed by atoms with E-state index in [0.29, 0.717) is 19.5 Å². The van der Waals surface area contributed by atoms with Gasteiger partial charge in [0.25, 0.3) is 0 Å². The van der Waals surface area contributed by atoms with E-state index in [1.165, 1.54) is 17.7 Å². The number of likely N-dealkylation sites (tertiary alicyclic amines) is 1. The molecule has 0 unspecified atom stereocenters. The molecule has 6 nitrogen and oxygen atoms in total. The van der Waals surface area contributed by atoms with Gasteiger partial charge in [0.1, 0.15) is 0 Å². The Labute approximate surface area is 181 Å². The van der Waals surface area contributed by atoms with Crippen LogP contribution in [0, 0.1) is 5.92 Å². The predicted molar refractivity (Wildman–Crippen MR) is 122 cm³/mol. The normalized spacial score (nSPS) is 16.7. The third kappa shape index (κ3) is 4.37. The van der Waals surface area contributed by atoms with E-state index in [9.17, 15) is 9.59 Å². The van der Waals surface area contributed by atoms with Gasteiger partial charge < -0.3 is 5.32 Å². The summed E-state index contributed by atoms with van der Waals surface area (Å²) in [6.45, 7) is 5.46. The predicted octanol–water partition coefficient (Wildman–Crippen LogP) is 3.38. The minimum absolute atomic E-state index is 0.0123. The maximum atomic E-state index is 12.6. The molecular weight excluding hydrogens is 396 g/mol. The molecule has 1 aliphatic rings. The van der Waals surface area contributed by atoms with Crippen molar-refractivity contribution >= 4 is 28.3 Å². The zero-order valence-corrected chi connectivity index (χ0v) is 18.5. The van der Waals surface area contributed by atoms with E-state index in [0.717, 1.165) is 30.0 Å². The summed E-state index contributed by atoms with van der Waals surface area (Å²) in [5, 5.41) is 5.23. The van der Waals surface area contributed by atoms with Gasteiger partial charge in [-0.2, -0.15) is 0 Å². The van der Waals surface area contributed by atoms with Crippen LogP contribution in [-0.4, -0.2) is 39.6 Å². The van der Waals surface area contributed by atoms with Gasteiger partial charge in [0.05, 0.1) is 17.1 Å². The molecule has 0 saturated carbocycles. The fourth-order valence-corrected chi connectivity index (χ4v) is 5.18. The highest BCUT2D eigenvalue weighted by atomic mass is 32.1. The molecule has 0 bridgehead atoms. The number of hydrogen-bond donors (Lipinski definition) is 1. The van der Waals surface area contributed by atoms with E-state index in [4.69, 9.17) is 0 Å². The van der Waals surface area contributed by atoms with Gasteiger partial charge >= 0.3 is 5.69 Å². The maximum absolute atomic E-state index is 12.6. The second kappa shape index (κ2) is 9.18. The number of nitrogens with zero attached hydrogens (tertiary/aromatic N) is 3. The zero-order valence-electron chi connectivity index (χ0n) is 17.7. The van der Waals surface area contributed by atoms with Crippen LogP contribution in [0.1, 0.15) is 37.1 Å². The van der Waals surface area contributed by atoms with Crippen LogP contribution in [0.15, 0.2) is 46.6 Å². The van der Waals surface area contributed by atoms with Crippen LogP contribution in [0.3, 0.4) is 0 Å². The Kier molecular flexibility index (Phi) is 6.39. The molecule has 0 spiro atoms. The molecule has 1 amide bonds. The van der Waals surface area contributed by atoms with Crippen LogP contribution >= 0.6 is 11.3 Å². The molecule has 160 valence electrons. The summed E-state index contributed by atoms with van der Waals surface area (Å²) in [4.78, 5) is 29.0. The van der Waals surface area contributed by atoms with Crippen LogP contribution in [0.5, 0.6) is 0 Å². The van der Waals surface area contributed by atoms with Gasteiger partial charge in [0.15, 0.2) is 0 Å². The Morgan fingerprint density at radius 1 is 1.17 bits per heavy atom. The molecule has 3 aromatic rings. The van der Waals surface area contributed by atoms with Crippen molar-refractivity contribution < 1.29 is 4.79 Å². The van der Waals surface area contributed by atoms with E-state index in [-0.39, 0.29) is 17.6 Å². The topological polar surface area (TPSA) is 59.3 Å². The van der Waals surface area contributed by atoms with Crippen molar-refractivity contribution in [1.29, 1.82) is 0 Å². The standard InChI is InChI=1S/C23H30N4O2S/c1-17-9-12-26(13-10-17)20(21-8-5-15-30-21)16-24-22(28)11-14-27-19-7-4-3-6-18(19)25(2)23(27)29/h3-8,15,17,20H,9-14,16H2,1-2H3,(H,24,28)/t20-/m0/s1. The number of carbonyl (C=O) groups is 1. The van der Waals surface area contributed by atoms with E-state index >= 15 is 0 Å².